The summed E-state index contributed by atoms with van der Waals surface area (Å²) in [7, 11) is 0.916. The molecule has 0 bridgehead atoms. The Morgan fingerprint density at radius 1 is 0.408 bits per heavy atom. The van der Waals surface area contributed by atoms with E-state index in [0.29, 0.717) is 70.1 Å². The van der Waals surface area contributed by atoms with Crippen LogP contribution in [-0.2, 0) is 42.3 Å². The Labute approximate surface area is 452 Å². The fourth-order valence-electron chi connectivity index (χ4n) is 7.94. The van der Waals surface area contributed by atoms with E-state index in [4.69, 9.17) is 32.7 Å². The number of esters is 2. The van der Waals surface area contributed by atoms with E-state index in [1.165, 1.54) is 180 Å². The van der Waals surface area contributed by atoms with Crippen LogP contribution in [0.5, 0.6) is 0 Å². The van der Waals surface area contributed by atoms with Crippen LogP contribution in [-0.4, -0.2) is 107 Å². The van der Waals surface area contributed by atoms with Crippen molar-refractivity contribution < 1.29 is 47.4 Å². The number of hydrogen-bond donors (Lipinski definition) is 1. The Morgan fingerprint density at radius 2 is 0.732 bits per heavy atom. The molecule has 0 amide bonds. The van der Waals surface area contributed by atoms with Gasteiger partial charge in [-0.15, -0.1) is 0 Å². The molecular weight excluding hydrogens is 998 g/mol. The minimum atomic E-state index is -0.468. The van der Waals surface area contributed by atoms with E-state index >= 15 is 0 Å². The maximum Gasteiger partial charge on any atom is 0.305 e. The molecule has 0 aromatic carbocycles. The lowest BCUT2D eigenvalue weighted by molar-refractivity contribution is -0.144. The van der Waals surface area contributed by atoms with Crippen molar-refractivity contribution in [2.75, 3.05) is 78.1 Å². The lowest BCUT2D eigenvalue weighted by Gasteiger charge is -2.18. The van der Waals surface area contributed by atoms with Crippen molar-refractivity contribution in [2.45, 2.75) is 284 Å². The molecule has 0 aromatic rings. The average Bonchev–Trinajstić information content (AvgIpc) is 3.37. The molecule has 0 radical (unpaired) electrons. The first kappa shape index (κ1) is 75.3. The number of aliphatic hydroxyl groups is 1. The van der Waals surface area contributed by atoms with Gasteiger partial charge in [0.15, 0.2) is 0 Å². The lowest BCUT2D eigenvalue weighted by atomic mass is 10.0. The SMILES string of the molecule is CCCCCCCCCCCCCCCCOCC(COPC)OCCCCCCC(=O)OCC.CCCCCCCCCCCCCCCCOCC(O)COPC.CCOC(=O)CCCCCCBr. The van der Waals surface area contributed by atoms with Crippen LogP contribution in [0, 0.1) is 0 Å². The predicted molar refractivity (Wildman–Crippen MR) is 312 cm³/mol. The monoisotopic (exact) mass is 1120 g/mol. The summed E-state index contributed by atoms with van der Waals surface area (Å²) in [6.45, 7) is 17.6. The summed E-state index contributed by atoms with van der Waals surface area (Å²) in [6.07, 6.45) is 47.7. The van der Waals surface area contributed by atoms with Gasteiger partial charge in [0.1, 0.15) is 12.2 Å². The number of rotatable bonds is 56. The fourth-order valence-corrected chi connectivity index (χ4v) is 9.05. The van der Waals surface area contributed by atoms with Crippen molar-refractivity contribution in [1.29, 1.82) is 0 Å². The minimum Gasteiger partial charge on any atom is -0.466 e. The van der Waals surface area contributed by atoms with Crippen molar-refractivity contribution >= 4 is 45.5 Å². The van der Waals surface area contributed by atoms with Gasteiger partial charge in [0.2, 0.25) is 0 Å². The van der Waals surface area contributed by atoms with E-state index in [1.54, 1.807) is 0 Å². The largest absolute Gasteiger partial charge is 0.466 e. The van der Waals surface area contributed by atoms with Gasteiger partial charge in [-0.3, -0.25) is 9.59 Å². The molecule has 0 spiro atoms. The van der Waals surface area contributed by atoms with Crippen molar-refractivity contribution in [1.82, 2.24) is 0 Å². The smallest absolute Gasteiger partial charge is 0.305 e. The second kappa shape index (κ2) is 70.0. The normalized spacial score (nSPS) is 12.3. The van der Waals surface area contributed by atoms with Gasteiger partial charge in [0.05, 0.1) is 39.6 Å². The molecule has 1 N–H and O–H groups in total. The molecule has 428 valence electrons. The Kier molecular flexibility index (Phi) is 74.3. The van der Waals surface area contributed by atoms with Gasteiger partial charge in [0, 0.05) is 55.6 Å². The number of halogens is 1. The maximum atomic E-state index is 11.3. The summed E-state index contributed by atoms with van der Waals surface area (Å²) in [6, 6.07) is 0. The van der Waals surface area contributed by atoms with E-state index in [-0.39, 0.29) is 18.0 Å². The third kappa shape index (κ3) is 72.1. The van der Waals surface area contributed by atoms with Gasteiger partial charge in [-0.25, -0.2) is 0 Å². The lowest BCUT2D eigenvalue weighted by Crippen LogP contribution is -2.25. The quantitative estimate of drug-likeness (QED) is 0.0273. The van der Waals surface area contributed by atoms with Crippen molar-refractivity contribution in [2.24, 2.45) is 0 Å². The summed E-state index contributed by atoms with van der Waals surface area (Å²) >= 11 is 3.36. The Bertz CT molecular complexity index is 988. The topological polar surface area (TPSA) is 119 Å². The number of ether oxygens (including phenoxy) is 5. The number of carbonyl (C=O) groups excluding carboxylic acids is 2. The van der Waals surface area contributed by atoms with Crippen LogP contribution in [0.25, 0.3) is 0 Å². The molecule has 0 aliphatic carbocycles. The van der Waals surface area contributed by atoms with E-state index in [1.807, 2.05) is 27.2 Å². The molecule has 0 heterocycles. The first-order chi connectivity index (χ1) is 34.9. The molecule has 0 saturated carbocycles. The zero-order chi connectivity index (χ0) is 52.6. The molecule has 10 nitrogen and oxygen atoms in total. The van der Waals surface area contributed by atoms with Crippen LogP contribution < -0.4 is 0 Å². The van der Waals surface area contributed by atoms with Gasteiger partial charge in [-0.1, -0.05) is 222 Å². The zero-order valence-corrected chi connectivity index (χ0v) is 51.2. The van der Waals surface area contributed by atoms with Gasteiger partial charge in [-0.05, 0) is 65.7 Å². The van der Waals surface area contributed by atoms with Crippen LogP contribution in [0.2, 0.25) is 0 Å². The fraction of sp³-hybridized carbons (Fsp3) is 0.966. The Hall–Kier alpha value is 0.0400. The molecule has 0 fully saturated rings. The molecule has 0 aliphatic heterocycles. The van der Waals surface area contributed by atoms with Crippen LogP contribution in [0.15, 0.2) is 0 Å². The highest BCUT2D eigenvalue weighted by Gasteiger charge is 2.10. The van der Waals surface area contributed by atoms with Crippen LogP contribution in [0.1, 0.15) is 272 Å². The molecule has 0 aromatic heterocycles. The minimum absolute atomic E-state index is 0.0219. The highest BCUT2D eigenvalue weighted by atomic mass is 79.9. The summed E-state index contributed by atoms with van der Waals surface area (Å²) in [5, 5.41) is 10.6. The van der Waals surface area contributed by atoms with Gasteiger partial charge >= 0.3 is 11.9 Å². The average molecular weight is 1120 g/mol. The highest BCUT2D eigenvalue weighted by Crippen LogP contribution is 2.16. The molecule has 0 aliphatic rings. The number of aliphatic hydroxyl groups excluding tert-OH is 1. The number of carbonyl (C=O) groups is 2. The standard InChI is InChI=1S/C29H59O5P.C20H43O3P.C9H17BrO2/c1-4-6-7-8-9-10-11-12-13-14-15-16-18-21-24-31-26-28(27-34-35-3)33-25-22-19-17-20-23-29(30)32-5-2;1-3-4-5-6-7-8-9-10-11-12-13-14-15-16-17-22-18-20(21)19-23-24-2;1-2-12-9(11)7-5-3-4-6-8-10/h28,35H,4-27H2,1-3H3;20-21,24H,3-19H2,1-2H3;2-8H2,1H3. The van der Waals surface area contributed by atoms with Crippen molar-refractivity contribution in [3.8, 4) is 0 Å². The van der Waals surface area contributed by atoms with E-state index in [2.05, 4.69) is 29.8 Å². The van der Waals surface area contributed by atoms with Crippen molar-refractivity contribution in [3.63, 3.8) is 0 Å². The first-order valence-corrected chi connectivity index (χ1v) is 33.7. The third-order valence-electron chi connectivity index (χ3n) is 12.2. The first-order valence-electron chi connectivity index (χ1n) is 29.8. The van der Waals surface area contributed by atoms with Crippen LogP contribution >= 0.6 is 33.5 Å². The molecule has 0 saturated heterocycles. The highest BCUT2D eigenvalue weighted by molar-refractivity contribution is 9.09. The van der Waals surface area contributed by atoms with E-state index < -0.39 is 6.10 Å². The van der Waals surface area contributed by atoms with Gasteiger partial charge in [-0.2, -0.15) is 0 Å². The predicted octanol–water partition coefficient (Wildman–Crippen LogP) is 17.6. The molecule has 0 rings (SSSR count). The third-order valence-corrected chi connectivity index (χ3v) is 13.7. The van der Waals surface area contributed by atoms with Crippen LogP contribution in [0.3, 0.4) is 0 Å². The Balaban J connectivity index is -0.00000110. The molecule has 71 heavy (non-hydrogen) atoms. The zero-order valence-electron chi connectivity index (χ0n) is 47.6. The maximum absolute atomic E-state index is 11.3. The van der Waals surface area contributed by atoms with E-state index in [0.717, 1.165) is 76.5 Å². The van der Waals surface area contributed by atoms with Gasteiger partial charge in [0.25, 0.3) is 0 Å². The van der Waals surface area contributed by atoms with Crippen molar-refractivity contribution in [3.05, 3.63) is 0 Å². The Morgan fingerprint density at radius 3 is 1.10 bits per heavy atom. The van der Waals surface area contributed by atoms with Crippen LogP contribution in [0.4, 0.5) is 0 Å². The number of alkyl halides is 1. The molecule has 4 atom stereocenters. The summed E-state index contributed by atoms with van der Waals surface area (Å²) in [4.78, 5) is 22.2. The van der Waals surface area contributed by atoms with Gasteiger partial charge < -0.3 is 37.8 Å². The number of unbranched alkanes of at least 4 members (excludes halogenated alkanes) is 32. The second-order valence-electron chi connectivity index (χ2n) is 19.1. The summed E-state index contributed by atoms with van der Waals surface area (Å²) in [5.74, 6) is -0.145. The molecule has 13 heteroatoms. The molecule has 4 unspecified atom stereocenters. The second-order valence-corrected chi connectivity index (χ2v) is 21.3. The molecular formula is C58H119BrO10P2. The summed E-state index contributed by atoms with van der Waals surface area (Å²) < 4.78 is 37.9. The summed E-state index contributed by atoms with van der Waals surface area (Å²) in [5.41, 5.74) is 0. The van der Waals surface area contributed by atoms with E-state index in [9.17, 15) is 14.7 Å². The number of hydrogen-bond acceptors (Lipinski definition) is 10.